The summed E-state index contributed by atoms with van der Waals surface area (Å²) in [6.45, 7) is 2.98. The molecule has 0 unspecified atom stereocenters. The predicted molar refractivity (Wildman–Crippen MR) is 72.8 cm³/mol. The Morgan fingerprint density at radius 1 is 1.33 bits per heavy atom. The van der Waals surface area contributed by atoms with Crippen LogP contribution in [0.15, 0.2) is 6.07 Å². The van der Waals surface area contributed by atoms with Crippen molar-refractivity contribution in [3.63, 3.8) is 0 Å². The van der Waals surface area contributed by atoms with Gasteiger partial charge in [-0.3, -0.25) is 0 Å². The summed E-state index contributed by atoms with van der Waals surface area (Å²) in [5.41, 5.74) is 0.972. The largest absolute Gasteiger partial charge is 0.396 e. The SMILES string of the molecule is CNc1nc(C)cc(NCC2(CO)CCCC2)n1. The fourth-order valence-electron chi connectivity index (χ4n) is 2.56. The third-order valence-electron chi connectivity index (χ3n) is 3.72. The molecule has 0 amide bonds. The number of aliphatic hydroxyl groups excluding tert-OH is 1. The van der Waals surface area contributed by atoms with Crippen molar-refractivity contribution in [2.75, 3.05) is 30.8 Å². The maximum absolute atomic E-state index is 9.56. The first kappa shape index (κ1) is 13.1. The molecule has 1 aliphatic rings. The van der Waals surface area contributed by atoms with Crippen LogP contribution in [0.5, 0.6) is 0 Å². The number of rotatable bonds is 5. The van der Waals surface area contributed by atoms with Crippen LogP contribution in [0.25, 0.3) is 0 Å². The molecule has 0 aliphatic heterocycles. The average molecular weight is 250 g/mol. The second-order valence-electron chi connectivity index (χ2n) is 5.19. The Hall–Kier alpha value is -1.36. The summed E-state index contributed by atoms with van der Waals surface area (Å²) in [6, 6.07) is 1.93. The Bertz CT molecular complexity index is 402. The van der Waals surface area contributed by atoms with Crippen LogP contribution in [-0.2, 0) is 0 Å². The molecule has 1 aromatic heterocycles. The number of nitrogens with zero attached hydrogens (tertiary/aromatic N) is 2. The van der Waals surface area contributed by atoms with Crippen molar-refractivity contribution in [1.82, 2.24) is 9.97 Å². The number of hydrogen-bond acceptors (Lipinski definition) is 5. The summed E-state index contributed by atoms with van der Waals surface area (Å²) in [7, 11) is 1.81. The van der Waals surface area contributed by atoms with Gasteiger partial charge in [-0.2, -0.15) is 4.98 Å². The normalized spacial score (nSPS) is 17.7. The van der Waals surface area contributed by atoms with Crippen LogP contribution in [0.2, 0.25) is 0 Å². The van der Waals surface area contributed by atoms with Crippen molar-refractivity contribution in [3.8, 4) is 0 Å². The number of aryl methyl sites for hydroxylation is 1. The van der Waals surface area contributed by atoms with Crippen molar-refractivity contribution >= 4 is 11.8 Å². The lowest BCUT2D eigenvalue weighted by Crippen LogP contribution is -2.30. The molecule has 3 N–H and O–H groups in total. The van der Waals surface area contributed by atoms with Gasteiger partial charge in [0, 0.05) is 30.8 Å². The molecule has 100 valence electrons. The van der Waals surface area contributed by atoms with Crippen LogP contribution in [0.3, 0.4) is 0 Å². The highest BCUT2D eigenvalue weighted by molar-refractivity contribution is 5.42. The molecule has 2 rings (SSSR count). The van der Waals surface area contributed by atoms with Crippen LogP contribution < -0.4 is 10.6 Å². The lowest BCUT2D eigenvalue weighted by Gasteiger charge is -2.26. The van der Waals surface area contributed by atoms with E-state index in [1.807, 2.05) is 20.0 Å². The van der Waals surface area contributed by atoms with E-state index < -0.39 is 0 Å². The van der Waals surface area contributed by atoms with E-state index >= 15 is 0 Å². The highest BCUT2D eigenvalue weighted by Crippen LogP contribution is 2.37. The second-order valence-corrected chi connectivity index (χ2v) is 5.19. The van der Waals surface area contributed by atoms with Crippen molar-refractivity contribution in [3.05, 3.63) is 11.8 Å². The minimum Gasteiger partial charge on any atom is -0.396 e. The molecule has 0 bridgehead atoms. The molecular formula is C13H22N4O. The first-order valence-corrected chi connectivity index (χ1v) is 6.56. The first-order chi connectivity index (χ1) is 8.67. The van der Waals surface area contributed by atoms with Gasteiger partial charge in [0.25, 0.3) is 0 Å². The number of aliphatic hydroxyl groups is 1. The van der Waals surface area contributed by atoms with Crippen molar-refractivity contribution in [2.45, 2.75) is 32.6 Å². The molecule has 0 aromatic carbocycles. The molecule has 1 fully saturated rings. The monoisotopic (exact) mass is 250 g/mol. The quantitative estimate of drug-likeness (QED) is 0.743. The summed E-state index contributed by atoms with van der Waals surface area (Å²) in [6.07, 6.45) is 4.62. The van der Waals surface area contributed by atoms with Gasteiger partial charge in [-0.25, -0.2) is 4.98 Å². The van der Waals surface area contributed by atoms with Crippen molar-refractivity contribution in [2.24, 2.45) is 5.41 Å². The topological polar surface area (TPSA) is 70.1 Å². The fraction of sp³-hybridized carbons (Fsp3) is 0.692. The lowest BCUT2D eigenvalue weighted by molar-refractivity contribution is 0.142. The molecular weight excluding hydrogens is 228 g/mol. The maximum Gasteiger partial charge on any atom is 0.224 e. The zero-order chi connectivity index (χ0) is 13.0. The zero-order valence-electron chi connectivity index (χ0n) is 11.2. The second kappa shape index (κ2) is 5.52. The van der Waals surface area contributed by atoms with Crippen LogP contribution in [-0.4, -0.2) is 35.3 Å². The highest BCUT2D eigenvalue weighted by atomic mass is 16.3. The molecule has 1 aliphatic carbocycles. The Kier molecular flexibility index (Phi) is 4.01. The fourth-order valence-corrected chi connectivity index (χ4v) is 2.56. The Morgan fingerprint density at radius 2 is 2.06 bits per heavy atom. The minimum atomic E-state index is 0.0403. The molecule has 5 nitrogen and oxygen atoms in total. The van der Waals surface area contributed by atoms with E-state index in [0.29, 0.717) is 5.95 Å². The molecule has 0 saturated heterocycles. The molecule has 0 atom stereocenters. The Labute approximate surface area is 108 Å². The number of anilines is 2. The van der Waals surface area contributed by atoms with Gasteiger partial charge in [0.1, 0.15) is 5.82 Å². The molecule has 1 heterocycles. The average Bonchev–Trinajstić information content (AvgIpc) is 2.85. The Balaban J connectivity index is 2.03. The minimum absolute atomic E-state index is 0.0403. The summed E-state index contributed by atoms with van der Waals surface area (Å²) in [4.78, 5) is 8.62. The third-order valence-corrected chi connectivity index (χ3v) is 3.72. The predicted octanol–water partition coefficient (Wildman–Crippen LogP) is 1.79. The van der Waals surface area contributed by atoms with Gasteiger partial charge in [-0.15, -0.1) is 0 Å². The van der Waals surface area contributed by atoms with E-state index in [-0.39, 0.29) is 12.0 Å². The lowest BCUT2D eigenvalue weighted by atomic mass is 9.87. The van der Waals surface area contributed by atoms with Crippen LogP contribution >= 0.6 is 0 Å². The number of nitrogens with one attached hydrogen (secondary N) is 2. The van der Waals surface area contributed by atoms with Crippen molar-refractivity contribution in [1.29, 1.82) is 0 Å². The molecule has 1 saturated carbocycles. The zero-order valence-corrected chi connectivity index (χ0v) is 11.2. The number of hydrogen-bond donors (Lipinski definition) is 3. The first-order valence-electron chi connectivity index (χ1n) is 6.56. The van der Waals surface area contributed by atoms with E-state index in [1.54, 1.807) is 0 Å². The van der Waals surface area contributed by atoms with Gasteiger partial charge in [0.05, 0.1) is 6.61 Å². The van der Waals surface area contributed by atoms with Crippen LogP contribution in [0.1, 0.15) is 31.4 Å². The van der Waals surface area contributed by atoms with Gasteiger partial charge in [-0.1, -0.05) is 12.8 Å². The summed E-state index contributed by atoms with van der Waals surface area (Å²) in [5, 5.41) is 15.9. The Morgan fingerprint density at radius 3 is 2.67 bits per heavy atom. The highest BCUT2D eigenvalue weighted by Gasteiger charge is 2.32. The van der Waals surface area contributed by atoms with E-state index in [0.717, 1.165) is 30.9 Å². The van der Waals surface area contributed by atoms with Crippen LogP contribution in [0.4, 0.5) is 11.8 Å². The van der Waals surface area contributed by atoms with Crippen LogP contribution in [0, 0.1) is 12.3 Å². The summed E-state index contributed by atoms with van der Waals surface area (Å²) >= 11 is 0. The van der Waals surface area contributed by atoms with Gasteiger partial charge in [0.2, 0.25) is 5.95 Å². The van der Waals surface area contributed by atoms with E-state index in [1.165, 1.54) is 12.8 Å². The van der Waals surface area contributed by atoms with Gasteiger partial charge < -0.3 is 15.7 Å². The molecule has 18 heavy (non-hydrogen) atoms. The molecule has 0 spiro atoms. The molecule has 5 heteroatoms. The smallest absolute Gasteiger partial charge is 0.224 e. The van der Waals surface area contributed by atoms with E-state index in [2.05, 4.69) is 20.6 Å². The van der Waals surface area contributed by atoms with Crippen molar-refractivity contribution < 1.29 is 5.11 Å². The van der Waals surface area contributed by atoms with Gasteiger partial charge >= 0.3 is 0 Å². The maximum atomic E-state index is 9.56. The van der Waals surface area contributed by atoms with E-state index in [9.17, 15) is 5.11 Å². The standard InChI is InChI=1S/C13H22N4O/c1-10-7-11(17-12(14-2)16-10)15-8-13(9-18)5-3-4-6-13/h7,18H,3-6,8-9H2,1-2H3,(H2,14,15,16,17). The summed E-state index contributed by atoms with van der Waals surface area (Å²) in [5.74, 6) is 1.45. The number of aromatic nitrogens is 2. The third kappa shape index (κ3) is 2.90. The van der Waals surface area contributed by atoms with Gasteiger partial charge in [-0.05, 0) is 19.8 Å². The van der Waals surface area contributed by atoms with Gasteiger partial charge in [0.15, 0.2) is 0 Å². The molecule has 1 aromatic rings. The van der Waals surface area contributed by atoms with E-state index in [4.69, 9.17) is 0 Å². The summed E-state index contributed by atoms with van der Waals surface area (Å²) < 4.78 is 0. The molecule has 0 radical (unpaired) electrons.